The molecule has 0 fully saturated rings. The van der Waals surface area contributed by atoms with Crippen molar-refractivity contribution in [3.8, 4) is 0 Å². The van der Waals surface area contributed by atoms with Gasteiger partial charge in [-0.1, -0.05) is 59.6 Å². The molecule has 2 aromatic rings. The van der Waals surface area contributed by atoms with Crippen molar-refractivity contribution in [1.29, 1.82) is 0 Å². The number of amides is 3. The number of hydrogen-bond acceptors (Lipinski definition) is 2. The molecule has 5 nitrogen and oxygen atoms in total. The van der Waals surface area contributed by atoms with Crippen LogP contribution in [0, 0.1) is 0 Å². The predicted molar refractivity (Wildman–Crippen MR) is 94.0 cm³/mol. The first-order chi connectivity index (χ1) is 11.4. The summed E-state index contributed by atoms with van der Waals surface area (Å²) in [5, 5.41) is 3.09. The summed E-state index contributed by atoms with van der Waals surface area (Å²) in [4.78, 5) is 24.3. The first kappa shape index (κ1) is 18.3. The van der Waals surface area contributed by atoms with Crippen LogP contribution in [0.25, 0.3) is 0 Å². The van der Waals surface area contributed by atoms with E-state index in [1.54, 1.807) is 12.1 Å². The number of urea groups is 1. The highest BCUT2D eigenvalue weighted by atomic mass is 35.5. The van der Waals surface area contributed by atoms with E-state index in [0.29, 0.717) is 16.6 Å². The van der Waals surface area contributed by atoms with E-state index in [9.17, 15) is 9.59 Å². The summed E-state index contributed by atoms with van der Waals surface area (Å²) < 4.78 is 0. The number of likely N-dealkylation sites (N-methyl/N-ethyl adjacent to an activating group) is 1. The van der Waals surface area contributed by atoms with Crippen LogP contribution in [0.2, 0.25) is 10.0 Å². The average molecular weight is 367 g/mol. The van der Waals surface area contributed by atoms with Crippen LogP contribution in [0.5, 0.6) is 0 Å². The van der Waals surface area contributed by atoms with Crippen LogP contribution in [-0.4, -0.2) is 19.0 Å². The van der Waals surface area contributed by atoms with Crippen molar-refractivity contribution in [2.75, 3.05) is 7.05 Å². The van der Waals surface area contributed by atoms with Crippen LogP contribution < -0.4 is 16.0 Å². The van der Waals surface area contributed by atoms with Crippen LogP contribution in [0.4, 0.5) is 4.79 Å². The summed E-state index contributed by atoms with van der Waals surface area (Å²) in [5.41, 5.74) is 6.80. The molecular formula is C17H18Cl2N3O2+. The molecule has 7 heteroatoms. The van der Waals surface area contributed by atoms with Gasteiger partial charge in [0.2, 0.25) is 0 Å². The number of halogens is 2. The van der Waals surface area contributed by atoms with E-state index in [1.807, 2.05) is 43.4 Å². The second kappa shape index (κ2) is 8.15. The molecule has 0 bridgehead atoms. The first-order valence-electron chi connectivity index (χ1n) is 7.30. The highest BCUT2D eigenvalue weighted by Gasteiger charge is 2.30. The lowest BCUT2D eigenvalue weighted by molar-refractivity contribution is -0.916. The van der Waals surface area contributed by atoms with Gasteiger partial charge >= 0.3 is 6.03 Å². The Labute approximate surface area is 150 Å². The Morgan fingerprint density at radius 1 is 1.12 bits per heavy atom. The fourth-order valence-electron chi connectivity index (χ4n) is 2.57. The van der Waals surface area contributed by atoms with Gasteiger partial charge in [-0.25, -0.2) is 4.79 Å². The number of benzene rings is 2. The monoisotopic (exact) mass is 366 g/mol. The van der Waals surface area contributed by atoms with Gasteiger partial charge in [0.1, 0.15) is 6.54 Å². The van der Waals surface area contributed by atoms with E-state index in [0.717, 1.165) is 16.0 Å². The van der Waals surface area contributed by atoms with Gasteiger partial charge in [-0.2, -0.15) is 0 Å². The number of primary amides is 1. The van der Waals surface area contributed by atoms with E-state index in [2.05, 4.69) is 5.32 Å². The smallest absolute Gasteiger partial charge is 0.319 e. The van der Waals surface area contributed by atoms with Crippen LogP contribution >= 0.6 is 23.2 Å². The maximum absolute atomic E-state index is 12.4. The number of nitrogens with two attached hydrogens (primary N) is 1. The zero-order valence-electron chi connectivity index (χ0n) is 13.1. The molecule has 0 radical (unpaired) electrons. The van der Waals surface area contributed by atoms with Gasteiger partial charge in [-0.3, -0.25) is 10.1 Å². The van der Waals surface area contributed by atoms with Crippen molar-refractivity contribution in [1.82, 2.24) is 5.32 Å². The van der Waals surface area contributed by atoms with Crippen LogP contribution in [0.3, 0.4) is 0 Å². The van der Waals surface area contributed by atoms with Gasteiger partial charge in [-0.15, -0.1) is 0 Å². The Hall–Kier alpha value is -2.08. The zero-order chi connectivity index (χ0) is 17.7. The summed E-state index contributed by atoms with van der Waals surface area (Å²) in [7, 11) is 1.86. The van der Waals surface area contributed by atoms with E-state index < -0.39 is 18.0 Å². The largest absolute Gasteiger partial charge is 0.351 e. The quantitative estimate of drug-likeness (QED) is 0.756. The van der Waals surface area contributed by atoms with E-state index in [1.165, 1.54) is 0 Å². The van der Waals surface area contributed by atoms with E-state index in [4.69, 9.17) is 28.9 Å². The maximum atomic E-state index is 12.4. The van der Waals surface area contributed by atoms with Crippen molar-refractivity contribution < 1.29 is 14.5 Å². The second-order valence-electron chi connectivity index (χ2n) is 5.47. The third-order valence-corrected chi connectivity index (χ3v) is 4.34. The average Bonchev–Trinajstić information content (AvgIpc) is 2.51. The summed E-state index contributed by atoms with van der Waals surface area (Å²) in [6.07, 6.45) is 0. The lowest BCUT2D eigenvalue weighted by Crippen LogP contribution is -3.09. The molecule has 0 aliphatic carbocycles. The van der Waals surface area contributed by atoms with Crippen molar-refractivity contribution >= 4 is 35.1 Å². The molecule has 24 heavy (non-hydrogen) atoms. The summed E-state index contributed by atoms with van der Waals surface area (Å²) in [6.45, 7) is 0.516. The third-order valence-electron chi connectivity index (χ3n) is 3.60. The molecule has 0 aliphatic heterocycles. The minimum absolute atomic E-state index is 0.453. The topological polar surface area (TPSA) is 76.6 Å². The van der Waals surface area contributed by atoms with Gasteiger partial charge < -0.3 is 10.6 Å². The number of hydrogen-bond donors (Lipinski definition) is 3. The van der Waals surface area contributed by atoms with Crippen molar-refractivity contribution in [3.05, 3.63) is 69.7 Å². The fourth-order valence-corrected chi connectivity index (χ4v) is 2.89. The predicted octanol–water partition coefficient (Wildman–Crippen LogP) is 1.94. The Kier molecular flexibility index (Phi) is 6.20. The number of imide groups is 1. The van der Waals surface area contributed by atoms with Crippen molar-refractivity contribution in [2.24, 2.45) is 5.73 Å². The van der Waals surface area contributed by atoms with Gasteiger partial charge in [0.15, 0.2) is 6.04 Å². The van der Waals surface area contributed by atoms with E-state index in [-0.39, 0.29) is 0 Å². The number of carbonyl (C=O) groups is 2. The number of rotatable bonds is 5. The molecule has 0 heterocycles. The lowest BCUT2D eigenvalue weighted by atomic mass is 10.0. The molecule has 1 unspecified atom stereocenters. The van der Waals surface area contributed by atoms with Crippen molar-refractivity contribution in [2.45, 2.75) is 12.6 Å². The lowest BCUT2D eigenvalue weighted by Gasteiger charge is -2.24. The minimum atomic E-state index is -0.872. The highest BCUT2D eigenvalue weighted by molar-refractivity contribution is 6.42. The number of carbonyl (C=O) groups excluding carboxylic acids is 2. The number of nitrogens with one attached hydrogen (secondary N) is 2. The van der Waals surface area contributed by atoms with Gasteiger partial charge in [0, 0.05) is 11.1 Å². The number of quaternary nitrogens is 1. The zero-order valence-corrected chi connectivity index (χ0v) is 14.6. The Bertz CT molecular complexity index is 738. The SMILES string of the molecule is C[NH+](Cc1ccc(Cl)c(Cl)c1)[C@H](C(=O)NC(N)=O)c1ccccc1. The van der Waals surface area contributed by atoms with Crippen LogP contribution in [-0.2, 0) is 11.3 Å². The maximum Gasteiger partial charge on any atom is 0.319 e. The Morgan fingerprint density at radius 2 is 1.79 bits per heavy atom. The summed E-state index contributed by atoms with van der Waals surface area (Å²) >= 11 is 12.0. The normalized spacial score (nSPS) is 13.1. The molecule has 2 rings (SSSR count). The molecule has 0 aliphatic rings. The van der Waals surface area contributed by atoms with Gasteiger partial charge in [0.25, 0.3) is 5.91 Å². The molecule has 0 aromatic heterocycles. The molecule has 4 N–H and O–H groups in total. The second-order valence-corrected chi connectivity index (χ2v) is 6.28. The van der Waals surface area contributed by atoms with Crippen LogP contribution in [0.15, 0.2) is 48.5 Å². The first-order valence-corrected chi connectivity index (χ1v) is 8.05. The van der Waals surface area contributed by atoms with Gasteiger partial charge in [-0.05, 0) is 12.1 Å². The van der Waals surface area contributed by atoms with Gasteiger partial charge in [0.05, 0.1) is 17.1 Å². The molecule has 0 spiro atoms. The van der Waals surface area contributed by atoms with Crippen molar-refractivity contribution in [3.63, 3.8) is 0 Å². The fraction of sp³-hybridized carbons (Fsp3) is 0.176. The third kappa shape index (κ3) is 4.71. The molecule has 126 valence electrons. The molecule has 0 saturated carbocycles. The molecule has 0 saturated heterocycles. The van der Waals surface area contributed by atoms with E-state index >= 15 is 0 Å². The summed E-state index contributed by atoms with van der Waals surface area (Å²) in [5.74, 6) is -0.453. The van der Waals surface area contributed by atoms with Crippen LogP contribution in [0.1, 0.15) is 17.2 Å². The Balaban J connectivity index is 2.26. The Morgan fingerprint density at radius 3 is 2.38 bits per heavy atom. The molecule has 2 aromatic carbocycles. The highest BCUT2D eigenvalue weighted by Crippen LogP contribution is 2.22. The molecular weight excluding hydrogens is 349 g/mol. The molecule has 3 amide bonds. The standard InChI is InChI=1S/C17H17Cl2N3O2/c1-22(10-11-7-8-13(18)14(19)9-11)15(16(23)21-17(20)24)12-5-3-2-4-6-12/h2-9,15H,10H2,1H3,(H3,20,21,23,24)/p+1/t15-/m0/s1. The molecule has 2 atom stereocenters. The summed E-state index contributed by atoms with van der Waals surface area (Å²) in [6, 6.07) is 13.1. The minimum Gasteiger partial charge on any atom is -0.351 e.